The lowest BCUT2D eigenvalue weighted by atomic mass is 10.2. The second-order valence-electron chi connectivity index (χ2n) is 4.15. The molecule has 0 spiro atoms. The number of hydrogen-bond donors (Lipinski definition) is 1. The van der Waals surface area contributed by atoms with Gasteiger partial charge in [-0.3, -0.25) is 9.78 Å². The molecule has 0 aliphatic rings. The Kier molecular flexibility index (Phi) is 5.87. The van der Waals surface area contributed by atoms with Crippen LogP contribution in [0.4, 0.5) is 17.6 Å². The Hall–Kier alpha value is -1.70. The van der Waals surface area contributed by atoms with Gasteiger partial charge in [-0.25, -0.2) is 8.78 Å². The van der Waals surface area contributed by atoms with Gasteiger partial charge in [0.2, 0.25) is 0 Å². The first-order valence-corrected chi connectivity index (χ1v) is 5.94. The molecule has 0 aromatic carbocycles. The summed E-state index contributed by atoms with van der Waals surface area (Å²) in [6, 6.07) is 3.13. The van der Waals surface area contributed by atoms with Gasteiger partial charge in [0.05, 0.1) is 0 Å². The topological polar surface area (TPSA) is 59.2 Å². The van der Waals surface area contributed by atoms with Gasteiger partial charge < -0.3 is 10.6 Å². The summed E-state index contributed by atoms with van der Waals surface area (Å²) >= 11 is 0. The van der Waals surface area contributed by atoms with Crippen molar-refractivity contribution in [2.24, 2.45) is 5.73 Å². The average molecular weight is 293 g/mol. The van der Waals surface area contributed by atoms with Crippen LogP contribution in [-0.4, -0.2) is 41.2 Å². The Bertz CT molecular complexity index is 428. The average Bonchev–Trinajstić information content (AvgIpc) is 2.43. The smallest absolute Gasteiger partial charge is 0.333 e. The molecule has 1 heterocycles. The van der Waals surface area contributed by atoms with Gasteiger partial charge in [-0.05, 0) is 24.6 Å². The number of nitrogens with zero attached hydrogens (tertiary/aromatic N) is 2. The zero-order valence-electron chi connectivity index (χ0n) is 10.6. The van der Waals surface area contributed by atoms with Crippen molar-refractivity contribution in [3.63, 3.8) is 0 Å². The van der Waals surface area contributed by atoms with Crippen molar-refractivity contribution in [1.82, 2.24) is 9.88 Å². The number of rotatable bonds is 7. The van der Waals surface area contributed by atoms with Crippen LogP contribution in [0.25, 0.3) is 0 Å². The molecular formula is C12H15F4N3O. The summed E-state index contributed by atoms with van der Waals surface area (Å²) in [7, 11) is 0. The lowest BCUT2D eigenvalue weighted by Gasteiger charge is -2.26. The van der Waals surface area contributed by atoms with Gasteiger partial charge in [-0.2, -0.15) is 8.78 Å². The van der Waals surface area contributed by atoms with Gasteiger partial charge in [-0.1, -0.05) is 6.07 Å². The van der Waals surface area contributed by atoms with Gasteiger partial charge in [0.15, 0.2) is 0 Å². The Morgan fingerprint density at radius 2 is 2.15 bits per heavy atom. The van der Waals surface area contributed by atoms with E-state index in [1.807, 2.05) is 0 Å². The number of alkyl halides is 4. The van der Waals surface area contributed by atoms with Crippen LogP contribution in [0.2, 0.25) is 0 Å². The first kappa shape index (κ1) is 16.4. The standard InChI is InChI=1S/C12H15F4N3O/c13-10(14)12(15,16)11(20)19(6-2-4-17)8-9-3-1-5-18-7-9/h1,3,5,7,10H,2,4,6,8,17H2. The molecule has 0 fully saturated rings. The third-order valence-corrected chi connectivity index (χ3v) is 2.57. The molecule has 1 aromatic heterocycles. The molecule has 0 saturated heterocycles. The van der Waals surface area contributed by atoms with Crippen LogP contribution in [0.1, 0.15) is 12.0 Å². The van der Waals surface area contributed by atoms with Gasteiger partial charge in [0.25, 0.3) is 5.91 Å². The number of nitrogens with two attached hydrogens (primary N) is 1. The van der Waals surface area contributed by atoms with E-state index < -0.39 is 18.3 Å². The molecule has 0 bridgehead atoms. The largest absolute Gasteiger partial charge is 0.383 e. The minimum absolute atomic E-state index is 0.119. The fourth-order valence-corrected chi connectivity index (χ4v) is 1.55. The number of halogens is 4. The molecule has 1 amide bonds. The van der Waals surface area contributed by atoms with E-state index in [0.717, 1.165) is 0 Å². The number of aromatic nitrogens is 1. The number of carbonyl (C=O) groups is 1. The van der Waals surface area contributed by atoms with Crippen LogP contribution in [-0.2, 0) is 11.3 Å². The second-order valence-corrected chi connectivity index (χ2v) is 4.15. The van der Waals surface area contributed by atoms with Crippen molar-refractivity contribution in [2.45, 2.75) is 25.3 Å². The molecule has 0 saturated carbocycles. The van der Waals surface area contributed by atoms with Crippen molar-refractivity contribution >= 4 is 5.91 Å². The molecule has 20 heavy (non-hydrogen) atoms. The molecule has 0 aliphatic heterocycles. The molecular weight excluding hydrogens is 278 g/mol. The van der Waals surface area contributed by atoms with E-state index >= 15 is 0 Å². The minimum atomic E-state index is -4.70. The lowest BCUT2D eigenvalue weighted by molar-refractivity contribution is -0.181. The number of hydrogen-bond acceptors (Lipinski definition) is 3. The Balaban J connectivity index is 2.86. The van der Waals surface area contributed by atoms with Crippen LogP contribution in [0.3, 0.4) is 0 Å². The zero-order valence-corrected chi connectivity index (χ0v) is 10.6. The summed E-state index contributed by atoms with van der Waals surface area (Å²) < 4.78 is 50.8. The predicted octanol–water partition coefficient (Wildman–Crippen LogP) is 1.66. The Morgan fingerprint density at radius 1 is 1.45 bits per heavy atom. The maximum Gasteiger partial charge on any atom is 0.383 e. The highest BCUT2D eigenvalue weighted by Gasteiger charge is 2.51. The number of pyridine rings is 1. The van der Waals surface area contributed by atoms with Crippen molar-refractivity contribution in [1.29, 1.82) is 0 Å². The predicted molar refractivity (Wildman–Crippen MR) is 64.3 cm³/mol. The summed E-state index contributed by atoms with van der Waals surface area (Å²) in [6.07, 6.45) is -0.943. The third-order valence-electron chi connectivity index (χ3n) is 2.57. The molecule has 0 aliphatic carbocycles. The fourth-order valence-electron chi connectivity index (χ4n) is 1.55. The van der Waals surface area contributed by atoms with Crippen LogP contribution < -0.4 is 5.73 Å². The molecule has 4 nitrogen and oxygen atoms in total. The Morgan fingerprint density at radius 3 is 2.65 bits per heavy atom. The first-order chi connectivity index (χ1) is 9.39. The van der Waals surface area contributed by atoms with E-state index in [1.54, 1.807) is 12.1 Å². The van der Waals surface area contributed by atoms with E-state index in [4.69, 9.17) is 5.73 Å². The van der Waals surface area contributed by atoms with Crippen molar-refractivity contribution < 1.29 is 22.4 Å². The SMILES string of the molecule is NCCCN(Cc1cccnc1)C(=O)C(F)(F)C(F)F. The lowest BCUT2D eigenvalue weighted by Crippen LogP contribution is -2.48. The maximum atomic E-state index is 13.1. The van der Waals surface area contributed by atoms with Crippen LogP contribution in [0.5, 0.6) is 0 Å². The molecule has 0 unspecified atom stereocenters. The molecule has 0 atom stereocenters. The third kappa shape index (κ3) is 4.16. The van der Waals surface area contributed by atoms with Crippen LogP contribution in [0, 0.1) is 0 Å². The zero-order chi connectivity index (χ0) is 15.2. The number of amides is 1. The van der Waals surface area contributed by atoms with E-state index in [0.29, 0.717) is 10.5 Å². The molecule has 1 rings (SSSR count). The number of carbonyl (C=O) groups excluding carboxylic acids is 1. The monoisotopic (exact) mass is 293 g/mol. The fraction of sp³-hybridized carbons (Fsp3) is 0.500. The molecule has 112 valence electrons. The molecule has 8 heteroatoms. The van der Waals surface area contributed by atoms with Crippen LogP contribution in [0.15, 0.2) is 24.5 Å². The second kappa shape index (κ2) is 7.18. The molecule has 2 N–H and O–H groups in total. The van der Waals surface area contributed by atoms with Crippen molar-refractivity contribution in [3.05, 3.63) is 30.1 Å². The highest BCUT2D eigenvalue weighted by Crippen LogP contribution is 2.26. The van der Waals surface area contributed by atoms with Gasteiger partial charge in [-0.15, -0.1) is 0 Å². The van der Waals surface area contributed by atoms with E-state index in [1.165, 1.54) is 12.4 Å². The molecule has 0 radical (unpaired) electrons. The highest BCUT2D eigenvalue weighted by molar-refractivity contribution is 5.84. The van der Waals surface area contributed by atoms with E-state index in [2.05, 4.69) is 4.98 Å². The van der Waals surface area contributed by atoms with Crippen molar-refractivity contribution in [3.8, 4) is 0 Å². The normalized spacial score (nSPS) is 11.7. The van der Waals surface area contributed by atoms with E-state index in [9.17, 15) is 22.4 Å². The first-order valence-electron chi connectivity index (χ1n) is 5.94. The highest BCUT2D eigenvalue weighted by atomic mass is 19.3. The van der Waals surface area contributed by atoms with Gasteiger partial charge in [0, 0.05) is 25.5 Å². The Labute approximate surface area is 113 Å². The van der Waals surface area contributed by atoms with E-state index in [-0.39, 0.29) is 26.1 Å². The summed E-state index contributed by atoms with van der Waals surface area (Å²) in [5.41, 5.74) is 5.73. The summed E-state index contributed by atoms with van der Waals surface area (Å²) in [5.74, 6) is -6.60. The van der Waals surface area contributed by atoms with Crippen LogP contribution >= 0.6 is 0 Å². The summed E-state index contributed by atoms with van der Waals surface area (Å²) in [4.78, 5) is 16.0. The van der Waals surface area contributed by atoms with Crippen molar-refractivity contribution in [2.75, 3.05) is 13.1 Å². The molecule has 1 aromatic rings. The summed E-state index contributed by atoms with van der Waals surface area (Å²) in [5, 5.41) is 0. The van der Waals surface area contributed by atoms with Gasteiger partial charge in [0.1, 0.15) is 0 Å². The maximum absolute atomic E-state index is 13.1. The minimum Gasteiger partial charge on any atom is -0.333 e. The quantitative estimate of drug-likeness (QED) is 0.778. The van der Waals surface area contributed by atoms with Gasteiger partial charge >= 0.3 is 12.3 Å². The summed E-state index contributed by atoms with van der Waals surface area (Å²) in [6.45, 7) is -0.168.